The van der Waals surface area contributed by atoms with Crippen molar-refractivity contribution in [3.05, 3.63) is 35.4 Å². The number of ketones is 1. The van der Waals surface area contributed by atoms with Crippen LogP contribution in [0.4, 0.5) is 0 Å². The summed E-state index contributed by atoms with van der Waals surface area (Å²) >= 11 is 0. The van der Waals surface area contributed by atoms with Gasteiger partial charge in [-0.3, -0.25) is 9.00 Å². The first-order valence-electron chi connectivity index (χ1n) is 5.43. The summed E-state index contributed by atoms with van der Waals surface area (Å²) in [6, 6.07) is 7.86. The summed E-state index contributed by atoms with van der Waals surface area (Å²) in [7, 11) is -1.08. The molecule has 0 aliphatic carbocycles. The Morgan fingerprint density at radius 1 is 1.31 bits per heavy atom. The molecule has 0 heterocycles. The molecule has 0 bridgehead atoms. The lowest BCUT2D eigenvalue weighted by Crippen LogP contribution is -2.17. The predicted molar refractivity (Wildman–Crippen MR) is 67.7 cm³/mol. The maximum absolute atomic E-state index is 11.8. The molecule has 2 nitrogen and oxygen atoms in total. The molecule has 1 rings (SSSR count). The van der Waals surface area contributed by atoms with Crippen LogP contribution < -0.4 is 0 Å². The van der Waals surface area contributed by atoms with Gasteiger partial charge in [0, 0.05) is 22.5 Å². The summed E-state index contributed by atoms with van der Waals surface area (Å²) in [5.41, 5.74) is 2.20. The lowest BCUT2D eigenvalue weighted by molar-refractivity contribution is -0.119. The third-order valence-corrected chi connectivity index (χ3v) is 3.76. The molecule has 0 saturated carbocycles. The number of aryl methyl sites for hydroxylation is 1. The predicted octanol–water partition coefficient (Wildman–Crippen LogP) is 2.47. The van der Waals surface area contributed by atoms with Gasteiger partial charge in [-0.25, -0.2) is 0 Å². The Morgan fingerprint density at radius 3 is 2.50 bits per heavy atom. The van der Waals surface area contributed by atoms with Gasteiger partial charge in [0.05, 0.1) is 5.75 Å². The highest BCUT2D eigenvalue weighted by molar-refractivity contribution is 7.84. The van der Waals surface area contributed by atoms with Crippen LogP contribution in [0.1, 0.15) is 25.0 Å². The van der Waals surface area contributed by atoms with Gasteiger partial charge in [0.25, 0.3) is 0 Å². The van der Waals surface area contributed by atoms with Crippen LogP contribution in [0.5, 0.6) is 0 Å². The van der Waals surface area contributed by atoms with Gasteiger partial charge in [0.2, 0.25) is 0 Å². The zero-order valence-electron chi connectivity index (χ0n) is 10.0. The normalized spacial score (nSPS) is 12.8. The van der Waals surface area contributed by atoms with Gasteiger partial charge in [-0.2, -0.15) is 0 Å². The Balaban J connectivity index is 2.59. The highest BCUT2D eigenvalue weighted by atomic mass is 32.2. The van der Waals surface area contributed by atoms with E-state index in [4.69, 9.17) is 0 Å². The average Bonchev–Trinajstić information content (AvgIpc) is 2.21. The minimum atomic E-state index is -1.08. The number of benzene rings is 1. The molecular weight excluding hydrogens is 220 g/mol. The molecular formula is C13H18O2S. The topological polar surface area (TPSA) is 34.1 Å². The quantitative estimate of drug-likeness (QED) is 0.789. The Morgan fingerprint density at radius 2 is 1.94 bits per heavy atom. The van der Waals surface area contributed by atoms with Crippen molar-refractivity contribution in [2.24, 2.45) is 5.92 Å². The summed E-state index contributed by atoms with van der Waals surface area (Å²) in [5, 5.41) is 0. The van der Waals surface area contributed by atoms with Crippen LogP contribution in [0, 0.1) is 12.8 Å². The minimum Gasteiger partial charge on any atom is -0.298 e. The summed E-state index contributed by atoms with van der Waals surface area (Å²) in [4.78, 5) is 11.4. The molecule has 0 fully saturated rings. The Kier molecular flexibility index (Phi) is 4.87. The molecule has 0 spiro atoms. The molecule has 1 aromatic carbocycles. The maximum Gasteiger partial charge on any atom is 0.147 e. The van der Waals surface area contributed by atoms with Gasteiger partial charge in [0.15, 0.2) is 0 Å². The molecule has 0 aliphatic rings. The number of Topliss-reactive ketones (excluding diaryl/α,β-unsaturated/α-hetero) is 1. The van der Waals surface area contributed by atoms with E-state index in [1.165, 1.54) is 0 Å². The van der Waals surface area contributed by atoms with Crippen molar-refractivity contribution >= 4 is 16.6 Å². The first-order valence-corrected chi connectivity index (χ1v) is 6.91. The molecule has 16 heavy (non-hydrogen) atoms. The van der Waals surface area contributed by atoms with Crippen LogP contribution in [0.25, 0.3) is 0 Å². The van der Waals surface area contributed by atoms with Gasteiger partial charge in [-0.05, 0) is 18.1 Å². The number of carbonyl (C=O) groups excluding carboxylic acids is 1. The van der Waals surface area contributed by atoms with Crippen LogP contribution >= 0.6 is 0 Å². The van der Waals surface area contributed by atoms with Crippen LogP contribution in [-0.2, 0) is 21.3 Å². The SMILES string of the molecule is Cc1ccccc1CS(=O)CC(=O)C(C)C. The third kappa shape index (κ3) is 3.89. The van der Waals surface area contributed by atoms with E-state index in [0.29, 0.717) is 5.75 Å². The molecule has 0 aromatic heterocycles. The van der Waals surface area contributed by atoms with E-state index in [0.717, 1.165) is 11.1 Å². The smallest absolute Gasteiger partial charge is 0.147 e. The fraction of sp³-hybridized carbons (Fsp3) is 0.462. The maximum atomic E-state index is 11.8. The van der Waals surface area contributed by atoms with Crippen molar-refractivity contribution in [3.63, 3.8) is 0 Å². The third-order valence-electron chi connectivity index (χ3n) is 2.52. The lowest BCUT2D eigenvalue weighted by Gasteiger charge is -2.06. The second-order valence-corrected chi connectivity index (χ2v) is 5.73. The zero-order valence-corrected chi connectivity index (χ0v) is 10.8. The van der Waals surface area contributed by atoms with Crippen LogP contribution in [-0.4, -0.2) is 15.7 Å². The van der Waals surface area contributed by atoms with E-state index in [1.807, 2.05) is 45.0 Å². The van der Waals surface area contributed by atoms with Gasteiger partial charge in [-0.15, -0.1) is 0 Å². The summed E-state index contributed by atoms with van der Waals surface area (Å²) in [6.45, 7) is 5.68. The Labute approximate surface area is 99.5 Å². The molecule has 0 saturated heterocycles. The van der Waals surface area contributed by atoms with Crippen molar-refractivity contribution < 1.29 is 9.00 Å². The summed E-state index contributed by atoms with van der Waals surface area (Å²) < 4.78 is 11.8. The largest absolute Gasteiger partial charge is 0.298 e. The molecule has 0 aliphatic heterocycles. The fourth-order valence-corrected chi connectivity index (χ4v) is 2.75. The molecule has 88 valence electrons. The van der Waals surface area contributed by atoms with Gasteiger partial charge < -0.3 is 0 Å². The molecule has 1 atom stereocenters. The van der Waals surface area contributed by atoms with Crippen molar-refractivity contribution in [1.82, 2.24) is 0 Å². The average molecular weight is 238 g/mol. The number of carbonyl (C=O) groups is 1. The molecule has 0 amide bonds. The number of hydrogen-bond acceptors (Lipinski definition) is 2. The fourth-order valence-electron chi connectivity index (χ4n) is 1.32. The lowest BCUT2D eigenvalue weighted by atomic mass is 10.1. The highest BCUT2D eigenvalue weighted by Crippen LogP contribution is 2.10. The van der Waals surface area contributed by atoms with E-state index in [9.17, 15) is 9.00 Å². The van der Waals surface area contributed by atoms with E-state index in [2.05, 4.69) is 0 Å². The standard InChI is InChI=1S/C13H18O2S/c1-10(2)13(14)9-16(15)8-12-7-5-4-6-11(12)3/h4-7,10H,8-9H2,1-3H3. The highest BCUT2D eigenvalue weighted by Gasteiger charge is 2.12. The monoisotopic (exact) mass is 238 g/mol. The van der Waals surface area contributed by atoms with E-state index in [-0.39, 0.29) is 17.5 Å². The second-order valence-electron chi connectivity index (χ2n) is 4.28. The van der Waals surface area contributed by atoms with Gasteiger partial charge >= 0.3 is 0 Å². The zero-order chi connectivity index (χ0) is 12.1. The number of hydrogen-bond donors (Lipinski definition) is 0. The second kappa shape index (κ2) is 5.94. The minimum absolute atomic E-state index is 0.0270. The van der Waals surface area contributed by atoms with Crippen LogP contribution in [0.15, 0.2) is 24.3 Å². The van der Waals surface area contributed by atoms with Crippen molar-refractivity contribution in [1.29, 1.82) is 0 Å². The van der Waals surface area contributed by atoms with Gasteiger partial charge in [-0.1, -0.05) is 38.1 Å². The van der Waals surface area contributed by atoms with Crippen molar-refractivity contribution in [2.45, 2.75) is 26.5 Å². The molecule has 1 aromatic rings. The first kappa shape index (κ1) is 13.1. The number of rotatable bonds is 5. The molecule has 1 unspecified atom stereocenters. The Hall–Kier alpha value is -0.960. The van der Waals surface area contributed by atoms with Crippen LogP contribution in [0.2, 0.25) is 0 Å². The van der Waals surface area contributed by atoms with E-state index >= 15 is 0 Å². The van der Waals surface area contributed by atoms with Gasteiger partial charge in [0.1, 0.15) is 5.78 Å². The summed E-state index contributed by atoms with van der Waals surface area (Å²) in [5.74, 6) is 0.699. The van der Waals surface area contributed by atoms with E-state index < -0.39 is 10.8 Å². The summed E-state index contributed by atoms with van der Waals surface area (Å²) in [6.07, 6.45) is 0. The van der Waals surface area contributed by atoms with Crippen molar-refractivity contribution in [3.8, 4) is 0 Å². The first-order chi connectivity index (χ1) is 7.50. The molecule has 0 radical (unpaired) electrons. The van der Waals surface area contributed by atoms with Crippen LogP contribution in [0.3, 0.4) is 0 Å². The molecule has 3 heteroatoms. The molecule has 0 N–H and O–H groups in total. The Bertz CT molecular complexity index is 397. The van der Waals surface area contributed by atoms with E-state index in [1.54, 1.807) is 0 Å². The van der Waals surface area contributed by atoms with Crippen molar-refractivity contribution in [2.75, 3.05) is 5.75 Å².